The van der Waals surface area contributed by atoms with Crippen LogP contribution in [0.3, 0.4) is 0 Å². The van der Waals surface area contributed by atoms with Gasteiger partial charge in [-0.1, -0.05) is 45.9 Å². The van der Waals surface area contributed by atoms with E-state index in [0.717, 1.165) is 24.3 Å². The van der Waals surface area contributed by atoms with E-state index in [1.54, 1.807) is 7.05 Å². The summed E-state index contributed by atoms with van der Waals surface area (Å²) in [7, 11) is 1.69. The van der Waals surface area contributed by atoms with Crippen molar-refractivity contribution in [2.75, 3.05) is 31.7 Å². The molecule has 1 aromatic carbocycles. The van der Waals surface area contributed by atoms with Crippen molar-refractivity contribution in [3.63, 3.8) is 0 Å². The maximum atomic E-state index is 12.7. The van der Waals surface area contributed by atoms with Crippen molar-refractivity contribution in [2.45, 2.75) is 27.7 Å². The zero-order chi connectivity index (χ0) is 16.3. The summed E-state index contributed by atoms with van der Waals surface area (Å²) in [5.74, 6) is 1.17. The van der Waals surface area contributed by atoms with Gasteiger partial charge in [0.25, 0.3) is 5.91 Å². The highest BCUT2D eigenvalue weighted by molar-refractivity contribution is 6.54. The number of hydrogen-bond acceptors (Lipinski definition) is 3. The molecular weight excluding hydrogens is 274 g/mol. The molecule has 1 amide bonds. The molecule has 4 heteroatoms. The number of anilines is 1. The second-order valence-electron chi connectivity index (χ2n) is 6.79. The van der Waals surface area contributed by atoms with Crippen LogP contribution in [0, 0.1) is 11.8 Å². The predicted molar refractivity (Wildman–Crippen MR) is 92.5 cm³/mol. The Kier molecular flexibility index (Phi) is 5.35. The SMILES string of the molecule is CN=C1C(=O)N(CN(CC(C)C)CC(C)C)c2ccccc21. The quantitative estimate of drug-likeness (QED) is 0.809. The molecule has 0 fully saturated rings. The number of para-hydroxylation sites is 1. The summed E-state index contributed by atoms with van der Waals surface area (Å²) < 4.78 is 0. The monoisotopic (exact) mass is 301 g/mol. The standard InChI is InChI=1S/C18H27N3O/c1-13(2)10-20(11-14(3)4)12-21-16-9-7-6-8-15(16)17(19-5)18(21)22/h6-9,13-14H,10-12H2,1-5H3. The highest BCUT2D eigenvalue weighted by Crippen LogP contribution is 2.29. The fourth-order valence-corrected chi connectivity index (χ4v) is 3.04. The van der Waals surface area contributed by atoms with Crippen molar-refractivity contribution >= 4 is 17.3 Å². The molecule has 0 unspecified atom stereocenters. The average Bonchev–Trinajstić information content (AvgIpc) is 2.70. The first kappa shape index (κ1) is 16.7. The number of carbonyl (C=O) groups excluding carboxylic acids is 1. The number of carbonyl (C=O) groups is 1. The molecule has 0 radical (unpaired) electrons. The number of benzene rings is 1. The Morgan fingerprint density at radius 2 is 1.68 bits per heavy atom. The number of nitrogens with zero attached hydrogens (tertiary/aromatic N) is 3. The molecule has 4 nitrogen and oxygen atoms in total. The van der Waals surface area contributed by atoms with E-state index >= 15 is 0 Å². The fraction of sp³-hybridized carbons (Fsp3) is 0.556. The van der Waals surface area contributed by atoms with Gasteiger partial charge in [-0.05, 0) is 17.9 Å². The summed E-state index contributed by atoms with van der Waals surface area (Å²) in [6, 6.07) is 7.92. The van der Waals surface area contributed by atoms with Gasteiger partial charge in [-0.15, -0.1) is 0 Å². The van der Waals surface area contributed by atoms with Gasteiger partial charge in [-0.2, -0.15) is 0 Å². The van der Waals surface area contributed by atoms with Gasteiger partial charge in [0.05, 0.1) is 12.4 Å². The van der Waals surface area contributed by atoms with Gasteiger partial charge in [0, 0.05) is 25.7 Å². The normalized spacial score (nSPS) is 16.5. The van der Waals surface area contributed by atoms with Crippen molar-refractivity contribution in [1.29, 1.82) is 0 Å². The third kappa shape index (κ3) is 3.55. The summed E-state index contributed by atoms with van der Waals surface area (Å²) in [5.41, 5.74) is 2.50. The number of hydrogen-bond donors (Lipinski definition) is 0. The van der Waals surface area contributed by atoms with E-state index in [0.29, 0.717) is 24.2 Å². The Hall–Kier alpha value is -1.68. The Morgan fingerprint density at radius 3 is 2.23 bits per heavy atom. The van der Waals surface area contributed by atoms with Crippen LogP contribution in [-0.4, -0.2) is 43.3 Å². The summed E-state index contributed by atoms with van der Waals surface area (Å²) in [4.78, 5) is 21.1. The van der Waals surface area contributed by atoms with Gasteiger partial charge in [-0.25, -0.2) is 0 Å². The third-order valence-electron chi connectivity index (χ3n) is 3.71. The predicted octanol–water partition coefficient (Wildman–Crippen LogP) is 3.02. The zero-order valence-electron chi connectivity index (χ0n) is 14.3. The van der Waals surface area contributed by atoms with Crippen LogP contribution >= 0.6 is 0 Å². The van der Waals surface area contributed by atoms with Crippen LogP contribution in [0.1, 0.15) is 33.3 Å². The van der Waals surface area contributed by atoms with Crippen molar-refractivity contribution in [2.24, 2.45) is 16.8 Å². The van der Waals surface area contributed by atoms with Crippen LogP contribution in [-0.2, 0) is 4.79 Å². The van der Waals surface area contributed by atoms with Gasteiger partial charge in [0.2, 0.25) is 0 Å². The van der Waals surface area contributed by atoms with Crippen molar-refractivity contribution in [3.8, 4) is 0 Å². The lowest BCUT2D eigenvalue weighted by Gasteiger charge is -2.30. The lowest BCUT2D eigenvalue weighted by molar-refractivity contribution is -0.112. The molecule has 0 bridgehead atoms. The van der Waals surface area contributed by atoms with Crippen LogP contribution in [0.4, 0.5) is 5.69 Å². The first-order valence-electron chi connectivity index (χ1n) is 8.04. The van der Waals surface area contributed by atoms with Crippen LogP contribution < -0.4 is 4.90 Å². The van der Waals surface area contributed by atoms with Gasteiger partial charge >= 0.3 is 0 Å². The molecule has 1 aliphatic heterocycles. The largest absolute Gasteiger partial charge is 0.293 e. The Labute approximate surface area is 133 Å². The van der Waals surface area contributed by atoms with E-state index in [1.165, 1.54) is 0 Å². The second-order valence-corrected chi connectivity index (χ2v) is 6.79. The van der Waals surface area contributed by atoms with Crippen LogP contribution in [0.15, 0.2) is 29.3 Å². The Morgan fingerprint density at radius 1 is 1.09 bits per heavy atom. The van der Waals surface area contributed by atoms with E-state index in [9.17, 15) is 4.79 Å². The number of rotatable bonds is 6. The van der Waals surface area contributed by atoms with Crippen LogP contribution in [0.2, 0.25) is 0 Å². The van der Waals surface area contributed by atoms with Crippen LogP contribution in [0.5, 0.6) is 0 Å². The Balaban J connectivity index is 2.25. The molecule has 1 aliphatic rings. The molecule has 120 valence electrons. The molecule has 1 heterocycles. The second kappa shape index (κ2) is 7.05. The molecular formula is C18H27N3O. The highest BCUT2D eigenvalue weighted by atomic mass is 16.2. The van der Waals surface area contributed by atoms with Crippen molar-refractivity contribution in [3.05, 3.63) is 29.8 Å². The minimum Gasteiger partial charge on any atom is -0.293 e. The lowest BCUT2D eigenvalue weighted by atomic mass is 10.1. The molecule has 22 heavy (non-hydrogen) atoms. The molecule has 0 aromatic heterocycles. The minimum absolute atomic E-state index is 0.0150. The fourth-order valence-electron chi connectivity index (χ4n) is 3.04. The number of amides is 1. The zero-order valence-corrected chi connectivity index (χ0v) is 14.3. The number of fused-ring (bicyclic) bond motifs is 1. The first-order chi connectivity index (χ1) is 10.4. The highest BCUT2D eigenvalue weighted by Gasteiger charge is 2.34. The van der Waals surface area contributed by atoms with Gasteiger partial charge in [0.1, 0.15) is 5.71 Å². The minimum atomic E-state index is 0.0150. The van der Waals surface area contributed by atoms with Gasteiger partial charge in [0.15, 0.2) is 0 Å². The summed E-state index contributed by atoms with van der Waals surface area (Å²) in [5, 5.41) is 0. The molecule has 0 spiro atoms. The first-order valence-corrected chi connectivity index (χ1v) is 8.04. The third-order valence-corrected chi connectivity index (χ3v) is 3.71. The van der Waals surface area contributed by atoms with E-state index in [4.69, 9.17) is 0 Å². The Bertz CT molecular complexity index is 553. The smallest absolute Gasteiger partial charge is 0.278 e. The summed E-state index contributed by atoms with van der Waals surface area (Å²) in [6.07, 6.45) is 0. The van der Waals surface area contributed by atoms with Gasteiger partial charge < -0.3 is 0 Å². The lowest BCUT2D eigenvalue weighted by Crippen LogP contribution is -2.43. The molecule has 0 saturated carbocycles. The summed E-state index contributed by atoms with van der Waals surface area (Å²) in [6.45, 7) is 11.5. The van der Waals surface area contributed by atoms with E-state index in [-0.39, 0.29) is 5.91 Å². The van der Waals surface area contributed by atoms with E-state index in [1.807, 2.05) is 29.2 Å². The number of aliphatic imine (C=N–C) groups is 1. The van der Waals surface area contributed by atoms with E-state index < -0.39 is 0 Å². The molecule has 0 aliphatic carbocycles. The van der Waals surface area contributed by atoms with Gasteiger partial charge in [-0.3, -0.25) is 19.6 Å². The maximum absolute atomic E-state index is 12.7. The molecule has 0 saturated heterocycles. The molecule has 0 N–H and O–H groups in total. The van der Waals surface area contributed by atoms with Crippen molar-refractivity contribution < 1.29 is 4.79 Å². The van der Waals surface area contributed by atoms with Crippen LogP contribution in [0.25, 0.3) is 0 Å². The molecule has 0 atom stereocenters. The topological polar surface area (TPSA) is 35.9 Å². The molecule has 2 rings (SSSR count). The van der Waals surface area contributed by atoms with E-state index in [2.05, 4.69) is 37.6 Å². The average molecular weight is 301 g/mol. The maximum Gasteiger partial charge on any atom is 0.278 e. The molecule has 1 aromatic rings. The summed E-state index contributed by atoms with van der Waals surface area (Å²) >= 11 is 0. The van der Waals surface area contributed by atoms with Crippen molar-refractivity contribution in [1.82, 2.24) is 4.90 Å².